The Morgan fingerprint density at radius 3 is 2.18 bits per heavy atom. The predicted molar refractivity (Wildman–Crippen MR) is 41.7 cm³/mol. The lowest BCUT2D eigenvalue weighted by molar-refractivity contribution is -0.0493. The van der Waals surface area contributed by atoms with Crippen LogP contribution in [0.15, 0.2) is 0 Å². The standard InChI is InChI=1S/C7H17NO3/c1-5(6(8)4-9)2-3-7(10)11/h5-7,9-11H,2-4,8H2,1H3. The molecule has 0 aliphatic rings. The third kappa shape index (κ3) is 5.15. The number of hydrogen-bond acceptors (Lipinski definition) is 4. The van der Waals surface area contributed by atoms with Gasteiger partial charge in [-0.2, -0.15) is 0 Å². The fourth-order valence-corrected chi connectivity index (χ4v) is 0.806. The number of aliphatic hydroxyl groups excluding tert-OH is 2. The molecular weight excluding hydrogens is 146 g/mol. The van der Waals surface area contributed by atoms with Crippen molar-refractivity contribution in [2.45, 2.75) is 32.1 Å². The van der Waals surface area contributed by atoms with Gasteiger partial charge in [-0.1, -0.05) is 6.92 Å². The van der Waals surface area contributed by atoms with Crippen molar-refractivity contribution >= 4 is 0 Å². The lowest BCUT2D eigenvalue weighted by Gasteiger charge is -2.17. The molecular formula is C7H17NO3. The van der Waals surface area contributed by atoms with Crippen molar-refractivity contribution in [2.75, 3.05) is 6.61 Å². The normalized spacial score (nSPS) is 16.9. The Labute approximate surface area is 66.7 Å². The molecule has 0 rings (SSSR count). The van der Waals surface area contributed by atoms with Gasteiger partial charge < -0.3 is 21.1 Å². The van der Waals surface area contributed by atoms with Crippen molar-refractivity contribution < 1.29 is 15.3 Å². The Hall–Kier alpha value is -0.160. The van der Waals surface area contributed by atoms with Crippen LogP contribution in [0.2, 0.25) is 0 Å². The van der Waals surface area contributed by atoms with E-state index in [0.29, 0.717) is 12.8 Å². The second-order valence-electron chi connectivity index (χ2n) is 2.88. The van der Waals surface area contributed by atoms with Crippen molar-refractivity contribution in [2.24, 2.45) is 11.7 Å². The summed E-state index contributed by atoms with van der Waals surface area (Å²) in [5, 5.41) is 25.6. The smallest absolute Gasteiger partial charge is 0.151 e. The summed E-state index contributed by atoms with van der Waals surface area (Å²) in [7, 11) is 0. The van der Waals surface area contributed by atoms with Crippen LogP contribution in [0.5, 0.6) is 0 Å². The first-order valence-corrected chi connectivity index (χ1v) is 3.80. The molecule has 0 saturated heterocycles. The van der Waals surface area contributed by atoms with Crippen molar-refractivity contribution in [1.82, 2.24) is 0 Å². The van der Waals surface area contributed by atoms with Crippen LogP contribution in [0, 0.1) is 5.92 Å². The minimum Gasteiger partial charge on any atom is -0.395 e. The number of rotatable bonds is 5. The Balaban J connectivity index is 3.43. The van der Waals surface area contributed by atoms with Gasteiger partial charge in [0.15, 0.2) is 6.29 Å². The van der Waals surface area contributed by atoms with Gasteiger partial charge in [-0.3, -0.25) is 0 Å². The van der Waals surface area contributed by atoms with Crippen LogP contribution < -0.4 is 5.73 Å². The monoisotopic (exact) mass is 163 g/mol. The highest BCUT2D eigenvalue weighted by Gasteiger charge is 2.12. The van der Waals surface area contributed by atoms with Crippen molar-refractivity contribution in [1.29, 1.82) is 0 Å². The second kappa shape index (κ2) is 5.49. The molecule has 2 unspecified atom stereocenters. The van der Waals surface area contributed by atoms with E-state index in [1.165, 1.54) is 0 Å². The molecule has 4 nitrogen and oxygen atoms in total. The van der Waals surface area contributed by atoms with Gasteiger partial charge >= 0.3 is 0 Å². The molecule has 4 heteroatoms. The van der Waals surface area contributed by atoms with Crippen molar-refractivity contribution in [3.63, 3.8) is 0 Å². The summed E-state index contributed by atoms with van der Waals surface area (Å²) >= 11 is 0. The van der Waals surface area contributed by atoms with E-state index in [-0.39, 0.29) is 18.6 Å². The molecule has 0 fully saturated rings. The maximum atomic E-state index is 8.62. The zero-order chi connectivity index (χ0) is 8.85. The average Bonchev–Trinajstić information content (AvgIpc) is 1.98. The Morgan fingerprint density at radius 2 is 1.82 bits per heavy atom. The summed E-state index contributed by atoms with van der Waals surface area (Å²) < 4.78 is 0. The molecule has 0 radical (unpaired) electrons. The van der Waals surface area contributed by atoms with E-state index in [9.17, 15) is 0 Å². The number of nitrogens with two attached hydrogens (primary N) is 1. The molecule has 0 aromatic rings. The maximum absolute atomic E-state index is 8.62. The van der Waals surface area contributed by atoms with Gasteiger partial charge in [-0.15, -0.1) is 0 Å². The molecule has 0 spiro atoms. The lowest BCUT2D eigenvalue weighted by Crippen LogP contribution is -2.32. The molecule has 0 aromatic carbocycles. The summed E-state index contributed by atoms with van der Waals surface area (Å²) in [6, 6.07) is -0.256. The predicted octanol–water partition coefficient (Wildman–Crippen LogP) is -0.967. The highest BCUT2D eigenvalue weighted by atomic mass is 16.5. The molecule has 0 aliphatic heterocycles. The fourth-order valence-electron chi connectivity index (χ4n) is 0.806. The molecule has 0 amide bonds. The molecule has 11 heavy (non-hydrogen) atoms. The summed E-state index contributed by atoms with van der Waals surface area (Å²) in [6.45, 7) is 1.83. The summed E-state index contributed by atoms with van der Waals surface area (Å²) in [4.78, 5) is 0. The second-order valence-corrected chi connectivity index (χ2v) is 2.88. The molecule has 0 aliphatic carbocycles. The molecule has 68 valence electrons. The number of aliphatic hydroxyl groups is 3. The Kier molecular flexibility index (Phi) is 5.41. The van der Waals surface area contributed by atoms with E-state index in [1.807, 2.05) is 6.92 Å². The van der Waals surface area contributed by atoms with Crippen LogP contribution in [-0.4, -0.2) is 34.3 Å². The fraction of sp³-hybridized carbons (Fsp3) is 1.00. The van der Waals surface area contributed by atoms with Crippen LogP contribution in [0.25, 0.3) is 0 Å². The van der Waals surface area contributed by atoms with Gasteiger partial charge in [0.2, 0.25) is 0 Å². The van der Waals surface area contributed by atoms with Gasteiger partial charge in [-0.25, -0.2) is 0 Å². The molecule has 0 aromatic heterocycles. The SMILES string of the molecule is CC(CCC(O)O)C(N)CO. The van der Waals surface area contributed by atoms with Crippen LogP contribution >= 0.6 is 0 Å². The average molecular weight is 163 g/mol. The minimum atomic E-state index is -1.26. The minimum absolute atomic E-state index is 0.0529. The Morgan fingerprint density at radius 1 is 1.27 bits per heavy atom. The summed E-state index contributed by atoms with van der Waals surface area (Å²) in [5.74, 6) is 0.127. The zero-order valence-corrected chi connectivity index (χ0v) is 6.77. The number of hydrogen-bond donors (Lipinski definition) is 4. The summed E-state index contributed by atoms with van der Waals surface area (Å²) in [6.07, 6.45) is -0.322. The first kappa shape index (κ1) is 10.8. The van der Waals surface area contributed by atoms with E-state index < -0.39 is 6.29 Å². The first-order chi connectivity index (χ1) is 5.07. The van der Waals surface area contributed by atoms with Crippen molar-refractivity contribution in [3.8, 4) is 0 Å². The quantitative estimate of drug-likeness (QED) is 0.393. The van der Waals surface area contributed by atoms with Crippen LogP contribution in [-0.2, 0) is 0 Å². The molecule has 2 atom stereocenters. The van der Waals surface area contributed by atoms with Gasteiger partial charge in [0, 0.05) is 6.04 Å². The van der Waals surface area contributed by atoms with Crippen molar-refractivity contribution in [3.05, 3.63) is 0 Å². The largest absolute Gasteiger partial charge is 0.395 e. The molecule has 0 heterocycles. The van der Waals surface area contributed by atoms with Gasteiger partial charge in [0.25, 0.3) is 0 Å². The van der Waals surface area contributed by atoms with E-state index in [1.54, 1.807) is 0 Å². The molecule has 0 bridgehead atoms. The topological polar surface area (TPSA) is 86.7 Å². The highest BCUT2D eigenvalue weighted by molar-refractivity contribution is 4.67. The highest BCUT2D eigenvalue weighted by Crippen LogP contribution is 2.09. The maximum Gasteiger partial charge on any atom is 0.151 e. The Bertz CT molecular complexity index is 97.7. The van der Waals surface area contributed by atoms with Crippen LogP contribution in [0.4, 0.5) is 0 Å². The van der Waals surface area contributed by atoms with E-state index in [2.05, 4.69) is 0 Å². The van der Waals surface area contributed by atoms with E-state index in [0.717, 1.165) is 0 Å². The third-order valence-corrected chi connectivity index (χ3v) is 1.82. The van der Waals surface area contributed by atoms with Crippen LogP contribution in [0.3, 0.4) is 0 Å². The van der Waals surface area contributed by atoms with Crippen LogP contribution in [0.1, 0.15) is 19.8 Å². The summed E-state index contributed by atoms with van der Waals surface area (Å²) in [5.41, 5.74) is 5.49. The van der Waals surface area contributed by atoms with E-state index in [4.69, 9.17) is 21.1 Å². The van der Waals surface area contributed by atoms with E-state index >= 15 is 0 Å². The first-order valence-electron chi connectivity index (χ1n) is 3.80. The van der Waals surface area contributed by atoms with Gasteiger partial charge in [0.1, 0.15) is 0 Å². The third-order valence-electron chi connectivity index (χ3n) is 1.82. The molecule has 0 saturated carbocycles. The molecule has 5 N–H and O–H groups in total. The lowest BCUT2D eigenvalue weighted by atomic mass is 9.98. The van der Waals surface area contributed by atoms with Gasteiger partial charge in [-0.05, 0) is 18.8 Å². The zero-order valence-electron chi connectivity index (χ0n) is 6.77. The van der Waals surface area contributed by atoms with Gasteiger partial charge in [0.05, 0.1) is 6.61 Å².